The maximum atomic E-state index is 14.1. The normalized spacial score (nSPS) is 17.9. The monoisotopic (exact) mass is 409 g/mol. The standard InChI is InChI=1S/C23H24FN3OS/c1-2-19-20-11-7-13-26(20)22-16(15-8-3-6-12-21(15)29-22)14-27(19)23(28)25-18-10-5-4-9-17(18)24/h4-5,7,9-11,13,19H,2-3,6,8,12,14H2,1H3,(H,25,28). The third-order valence-electron chi connectivity index (χ3n) is 6.07. The van der Waals surface area contributed by atoms with Crippen LogP contribution in [-0.2, 0) is 19.4 Å². The Morgan fingerprint density at radius 3 is 2.83 bits per heavy atom. The molecule has 0 saturated heterocycles. The number of fused-ring (bicyclic) bond motifs is 5. The smallest absolute Gasteiger partial charge is 0.312 e. The number of nitrogens with zero attached hydrogens (tertiary/aromatic N) is 2. The van der Waals surface area contributed by atoms with Gasteiger partial charge in [-0.1, -0.05) is 19.1 Å². The van der Waals surface area contributed by atoms with Crippen molar-refractivity contribution in [2.24, 2.45) is 0 Å². The molecule has 5 rings (SSSR count). The van der Waals surface area contributed by atoms with E-state index in [9.17, 15) is 9.18 Å². The summed E-state index contributed by atoms with van der Waals surface area (Å²) in [5, 5.41) is 4.05. The zero-order valence-corrected chi connectivity index (χ0v) is 17.3. The van der Waals surface area contributed by atoms with Gasteiger partial charge in [0, 0.05) is 22.3 Å². The molecule has 0 spiro atoms. The lowest BCUT2D eigenvalue weighted by atomic mass is 9.95. The highest BCUT2D eigenvalue weighted by Gasteiger charge is 2.34. The molecule has 3 heterocycles. The van der Waals surface area contributed by atoms with Gasteiger partial charge in [0.15, 0.2) is 0 Å². The second-order valence-electron chi connectivity index (χ2n) is 7.76. The number of aryl methyl sites for hydroxylation is 1. The molecule has 3 aromatic rings. The van der Waals surface area contributed by atoms with E-state index in [0.717, 1.165) is 25.0 Å². The highest BCUT2D eigenvalue weighted by molar-refractivity contribution is 7.15. The molecule has 1 atom stereocenters. The maximum absolute atomic E-state index is 14.1. The number of anilines is 1. The number of hydrogen-bond acceptors (Lipinski definition) is 2. The summed E-state index contributed by atoms with van der Waals surface area (Å²) in [6, 6.07) is 10.2. The molecule has 1 aliphatic carbocycles. The van der Waals surface area contributed by atoms with Crippen molar-refractivity contribution >= 4 is 23.1 Å². The number of carbonyl (C=O) groups excluding carboxylic acids is 1. The molecule has 1 aliphatic heterocycles. The summed E-state index contributed by atoms with van der Waals surface area (Å²) in [5.41, 5.74) is 4.03. The van der Waals surface area contributed by atoms with E-state index in [2.05, 4.69) is 35.1 Å². The Labute approximate surface area is 174 Å². The zero-order chi connectivity index (χ0) is 20.0. The first kappa shape index (κ1) is 18.4. The van der Waals surface area contributed by atoms with E-state index in [1.54, 1.807) is 18.2 Å². The first-order valence-corrected chi connectivity index (χ1v) is 11.1. The van der Waals surface area contributed by atoms with Crippen LogP contribution >= 0.6 is 11.3 Å². The van der Waals surface area contributed by atoms with Crippen molar-refractivity contribution in [1.82, 2.24) is 9.47 Å². The van der Waals surface area contributed by atoms with Crippen LogP contribution in [0.15, 0.2) is 42.6 Å². The van der Waals surface area contributed by atoms with Crippen LogP contribution in [0.2, 0.25) is 0 Å². The third-order valence-corrected chi connectivity index (χ3v) is 7.40. The Morgan fingerprint density at radius 2 is 2.00 bits per heavy atom. The Balaban J connectivity index is 1.58. The lowest BCUT2D eigenvalue weighted by Crippen LogP contribution is -2.37. The molecular formula is C23H24FN3OS. The molecule has 2 amide bonds. The van der Waals surface area contributed by atoms with E-state index >= 15 is 0 Å². The predicted octanol–water partition coefficient (Wildman–Crippen LogP) is 6.06. The van der Waals surface area contributed by atoms with E-state index in [4.69, 9.17) is 0 Å². The van der Waals surface area contributed by atoms with Crippen LogP contribution in [0.1, 0.15) is 53.9 Å². The fourth-order valence-corrected chi connectivity index (χ4v) is 6.06. The topological polar surface area (TPSA) is 37.3 Å². The SMILES string of the molecule is CCC1c2cccn2-c2sc3c(c2CN1C(=O)Nc1ccccc1F)CCCC3. The second-order valence-corrected chi connectivity index (χ2v) is 8.84. The number of aromatic nitrogens is 1. The molecule has 6 heteroatoms. The molecule has 4 nitrogen and oxygen atoms in total. The van der Waals surface area contributed by atoms with Crippen LogP contribution in [-0.4, -0.2) is 15.5 Å². The molecule has 1 N–H and O–H groups in total. The average molecular weight is 410 g/mol. The fourth-order valence-electron chi connectivity index (χ4n) is 4.66. The summed E-state index contributed by atoms with van der Waals surface area (Å²) in [6.07, 6.45) is 7.55. The number of nitrogens with one attached hydrogen (secondary N) is 1. The van der Waals surface area contributed by atoms with E-state index in [0.29, 0.717) is 6.54 Å². The second kappa shape index (κ2) is 7.34. The lowest BCUT2D eigenvalue weighted by molar-refractivity contribution is 0.181. The maximum Gasteiger partial charge on any atom is 0.322 e. The van der Waals surface area contributed by atoms with Gasteiger partial charge in [0.25, 0.3) is 0 Å². The summed E-state index contributed by atoms with van der Waals surface area (Å²) < 4.78 is 16.4. The summed E-state index contributed by atoms with van der Waals surface area (Å²) in [6.45, 7) is 2.65. The van der Waals surface area contributed by atoms with E-state index in [-0.39, 0.29) is 17.8 Å². The van der Waals surface area contributed by atoms with Gasteiger partial charge in [-0.3, -0.25) is 0 Å². The molecule has 150 valence electrons. The van der Waals surface area contributed by atoms with Crippen LogP contribution in [0.4, 0.5) is 14.9 Å². The van der Waals surface area contributed by atoms with E-state index < -0.39 is 5.82 Å². The molecule has 0 fully saturated rings. The van der Waals surface area contributed by atoms with Crippen LogP contribution < -0.4 is 5.32 Å². The van der Waals surface area contributed by atoms with Gasteiger partial charge < -0.3 is 14.8 Å². The summed E-state index contributed by atoms with van der Waals surface area (Å²) in [5.74, 6) is -0.416. The van der Waals surface area contributed by atoms with Crippen molar-refractivity contribution < 1.29 is 9.18 Å². The first-order chi connectivity index (χ1) is 14.2. The van der Waals surface area contributed by atoms with Crippen molar-refractivity contribution in [3.05, 3.63) is 70.1 Å². The van der Waals surface area contributed by atoms with Gasteiger partial charge in [0.1, 0.15) is 10.8 Å². The van der Waals surface area contributed by atoms with Gasteiger partial charge in [0.05, 0.1) is 18.3 Å². The third kappa shape index (κ3) is 3.06. The van der Waals surface area contributed by atoms with E-state index in [1.807, 2.05) is 16.2 Å². The molecule has 2 aliphatic rings. The Morgan fingerprint density at radius 1 is 1.17 bits per heavy atom. The Bertz CT molecular complexity index is 1070. The van der Waals surface area contributed by atoms with Crippen molar-refractivity contribution in [2.75, 3.05) is 5.32 Å². The van der Waals surface area contributed by atoms with Crippen molar-refractivity contribution in [3.8, 4) is 5.00 Å². The summed E-state index contributed by atoms with van der Waals surface area (Å²) in [7, 11) is 0. The number of para-hydroxylation sites is 1. The molecule has 2 aromatic heterocycles. The minimum absolute atomic E-state index is 0.0596. The van der Waals surface area contributed by atoms with Crippen LogP contribution in [0.5, 0.6) is 0 Å². The quantitative estimate of drug-likeness (QED) is 0.549. The highest BCUT2D eigenvalue weighted by atomic mass is 32.1. The summed E-state index contributed by atoms with van der Waals surface area (Å²) >= 11 is 1.88. The molecule has 29 heavy (non-hydrogen) atoms. The number of carbonyl (C=O) groups is 1. The van der Waals surface area contributed by atoms with Crippen LogP contribution in [0.25, 0.3) is 5.00 Å². The summed E-state index contributed by atoms with van der Waals surface area (Å²) in [4.78, 5) is 16.7. The first-order valence-electron chi connectivity index (χ1n) is 10.3. The zero-order valence-electron chi connectivity index (χ0n) is 16.5. The van der Waals surface area contributed by atoms with E-state index in [1.165, 1.54) is 39.9 Å². The minimum Gasteiger partial charge on any atom is -0.312 e. The number of hydrogen-bond donors (Lipinski definition) is 1. The highest BCUT2D eigenvalue weighted by Crippen LogP contribution is 2.43. The Kier molecular flexibility index (Phi) is 4.66. The number of rotatable bonds is 2. The number of urea groups is 1. The van der Waals surface area contributed by atoms with Crippen molar-refractivity contribution in [1.29, 1.82) is 0 Å². The molecule has 1 aromatic carbocycles. The molecule has 0 bridgehead atoms. The molecular weight excluding hydrogens is 385 g/mol. The van der Waals surface area contributed by atoms with Gasteiger partial charge in [-0.05, 0) is 61.9 Å². The van der Waals surface area contributed by atoms with Crippen molar-refractivity contribution in [2.45, 2.75) is 51.6 Å². The Hall–Kier alpha value is -2.60. The molecule has 0 saturated carbocycles. The van der Waals surface area contributed by atoms with Gasteiger partial charge in [-0.2, -0.15) is 0 Å². The van der Waals surface area contributed by atoms with Gasteiger partial charge in [-0.15, -0.1) is 11.3 Å². The number of halogens is 1. The number of benzene rings is 1. The largest absolute Gasteiger partial charge is 0.322 e. The lowest BCUT2D eigenvalue weighted by Gasteiger charge is -2.30. The number of thiophene rings is 1. The predicted molar refractivity (Wildman–Crippen MR) is 114 cm³/mol. The van der Waals surface area contributed by atoms with Crippen LogP contribution in [0, 0.1) is 5.82 Å². The number of amides is 2. The average Bonchev–Trinajstić information content (AvgIpc) is 3.32. The minimum atomic E-state index is -0.416. The van der Waals surface area contributed by atoms with Gasteiger partial charge >= 0.3 is 6.03 Å². The van der Waals surface area contributed by atoms with Crippen molar-refractivity contribution in [3.63, 3.8) is 0 Å². The van der Waals surface area contributed by atoms with Crippen LogP contribution in [0.3, 0.4) is 0 Å². The molecule has 1 unspecified atom stereocenters. The van der Waals surface area contributed by atoms with Gasteiger partial charge in [0.2, 0.25) is 0 Å². The van der Waals surface area contributed by atoms with Gasteiger partial charge in [-0.25, -0.2) is 9.18 Å². The fraction of sp³-hybridized carbons (Fsp3) is 0.348. The molecule has 0 radical (unpaired) electrons.